The molecule has 25 heavy (non-hydrogen) atoms. The van der Waals surface area contributed by atoms with Crippen LogP contribution in [0.5, 0.6) is 0 Å². The summed E-state index contributed by atoms with van der Waals surface area (Å²) in [5.41, 5.74) is 1.09. The number of carbonyl (C=O) groups excluding carboxylic acids is 2. The van der Waals surface area contributed by atoms with Crippen LogP contribution in [0.2, 0.25) is 0 Å². The highest BCUT2D eigenvalue weighted by atomic mass is 16.2. The first-order valence-corrected chi connectivity index (χ1v) is 9.21. The molecule has 0 aliphatic carbocycles. The average Bonchev–Trinajstić information content (AvgIpc) is 2.59. The second kappa shape index (κ2) is 9.56. The smallest absolute Gasteiger partial charge is 0.224 e. The van der Waals surface area contributed by atoms with Crippen LogP contribution in [-0.2, 0) is 16.1 Å². The maximum Gasteiger partial charge on any atom is 0.224 e. The van der Waals surface area contributed by atoms with Gasteiger partial charge in [0.25, 0.3) is 0 Å². The highest BCUT2D eigenvalue weighted by molar-refractivity contribution is 5.78. The Morgan fingerprint density at radius 1 is 1.16 bits per heavy atom. The average molecular weight is 345 g/mol. The molecule has 1 atom stereocenters. The second-order valence-electron chi connectivity index (χ2n) is 7.18. The van der Waals surface area contributed by atoms with Gasteiger partial charge >= 0.3 is 0 Å². The van der Waals surface area contributed by atoms with Crippen LogP contribution in [-0.4, -0.2) is 66.3 Å². The number of hydrogen-bond acceptors (Lipinski definition) is 3. The summed E-state index contributed by atoms with van der Waals surface area (Å²) in [6.07, 6.45) is 3.74. The lowest BCUT2D eigenvalue weighted by molar-refractivity contribution is -0.136. The minimum absolute atomic E-state index is 0.0140. The fourth-order valence-corrected chi connectivity index (χ4v) is 3.47. The number of amides is 2. The Hall–Kier alpha value is -1.88. The first-order chi connectivity index (χ1) is 12.0. The van der Waals surface area contributed by atoms with E-state index in [0.717, 1.165) is 31.5 Å². The zero-order chi connectivity index (χ0) is 18.2. The van der Waals surface area contributed by atoms with Crippen molar-refractivity contribution in [2.45, 2.75) is 45.2 Å². The Morgan fingerprint density at radius 3 is 2.52 bits per heavy atom. The van der Waals surface area contributed by atoms with Crippen molar-refractivity contribution in [2.75, 3.05) is 33.7 Å². The Morgan fingerprint density at radius 2 is 1.88 bits per heavy atom. The molecule has 0 aromatic heterocycles. The van der Waals surface area contributed by atoms with E-state index < -0.39 is 0 Å². The highest BCUT2D eigenvalue weighted by Crippen LogP contribution is 2.19. The number of benzene rings is 1. The van der Waals surface area contributed by atoms with Gasteiger partial charge in [-0.2, -0.15) is 0 Å². The quantitative estimate of drug-likeness (QED) is 0.762. The van der Waals surface area contributed by atoms with E-state index >= 15 is 0 Å². The number of carbonyl (C=O) groups is 2. The molecule has 5 heteroatoms. The number of nitrogens with zero attached hydrogens (tertiary/aromatic N) is 3. The zero-order valence-corrected chi connectivity index (χ0v) is 15.8. The van der Waals surface area contributed by atoms with Crippen LogP contribution in [0.3, 0.4) is 0 Å². The first kappa shape index (κ1) is 19.4. The Balaban J connectivity index is 1.92. The summed E-state index contributed by atoms with van der Waals surface area (Å²) in [4.78, 5) is 30.6. The molecule has 138 valence electrons. The van der Waals surface area contributed by atoms with Crippen molar-refractivity contribution < 1.29 is 9.59 Å². The van der Waals surface area contributed by atoms with Gasteiger partial charge in [-0.1, -0.05) is 30.3 Å². The third-order valence-corrected chi connectivity index (χ3v) is 4.78. The van der Waals surface area contributed by atoms with Gasteiger partial charge in [-0.25, -0.2) is 0 Å². The van der Waals surface area contributed by atoms with E-state index in [1.165, 1.54) is 6.42 Å². The van der Waals surface area contributed by atoms with Gasteiger partial charge in [0.2, 0.25) is 11.8 Å². The maximum atomic E-state index is 12.7. The number of rotatable bonds is 7. The van der Waals surface area contributed by atoms with Crippen LogP contribution in [0.15, 0.2) is 30.3 Å². The van der Waals surface area contributed by atoms with Crippen molar-refractivity contribution in [1.82, 2.24) is 14.7 Å². The Kier molecular flexibility index (Phi) is 7.44. The third kappa shape index (κ3) is 6.16. The first-order valence-electron chi connectivity index (χ1n) is 9.21. The number of hydrogen-bond donors (Lipinski definition) is 0. The van der Waals surface area contributed by atoms with Crippen molar-refractivity contribution >= 4 is 11.8 Å². The van der Waals surface area contributed by atoms with E-state index in [0.29, 0.717) is 25.6 Å². The summed E-state index contributed by atoms with van der Waals surface area (Å²) < 4.78 is 0. The lowest BCUT2D eigenvalue weighted by Crippen LogP contribution is -2.49. The predicted molar refractivity (Wildman–Crippen MR) is 100 cm³/mol. The molecule has 1 saturated heterocycles. The summed E-state index contributed by atoms with van der Waals surface area (Å²) in [6.45, 7) is 4.37. The normalized spacial score (nSPS) is 17.6. The maximum absolute atomic E-state index is 12.7. The Labute approximate surface area is 151 Å². The van der Waals surface area contributed by atoms with Crippen LogP contribution in [0.1, 0.15) is 38.2 Å². The van der Waals surface area contributed by atoms with Gasteiger partial charge in [0, 0.05) is 45.6 Å². The molecular formula is C20H31N3O2. The summed E-state index contributed by atoms with van der Waals surface area (Å²) in [6, 6.07) is 10.2. The molecule has 1 fully saturated rings. The standard InChI is InChI=1S/C20H31N3O2/c1-17(24)22(15-18-9-5-4-6-10-18)14-12-20(25)23-13-8-7-11-19(23)16-21(2)3/h4-6,9-10,19H,7-8,11-16H2,1-3H3. The van der Waals surface area contributed by atoms with E-state index in [1.807, 2.05) is 35.2 Å². The van der Waals surface area contributed by atoms with Crippen LogP contribution in [0, 0.1) is 0 Å². The van der Waals surface area contributed by atoms with Gasteiger partial charge in [-0.3, -0.25) is 9.59 Å². The molecule has 1 aliphatic rings. The van der Waals surface area contributed by atoms with Crippen LogP contribution >= 0.6 is 0 Å². The lowest BCUT2D eigenvalue weighted by Gasteiger charge is -2.37. The van der Waals surface area contributed by atoms with E-state index in [1.54, 1.807) is 11.8 Å². The lowest BCUT2D eigenvalue weighted by atomic mass is 10.0. The molecule has 0 N–H and O–H groups in total. The molecule has 2 rings (SSSR count). The SMILES string of the molecule is CC(=O)N(CCC(=O)N1CCCCC1CN(C)C)Cc1ccccc1. The van der Waals surface area contributed by atoms with Gasteiger partial charge < -0.3 is 14.7 Å². The minimum atomic E-state index is 0.0140. The summed E-state index contributed by atoms with van der Waals surface area (Å²) >= 11 is 0. The molecular weight excluding hydrogens is 314 g/mol. The molecule has 1 aliphatic heterocycles. The molecule has 0 spiro atoms. The fourth-order valence-electron chi connectivity index (χ4n) is 3.47. The van der Waals surface area contributed by atoms with Crippen molar-refractivity contribution in [3.63, 3.8) is 0 Å². The molecule has 1 heterocycles. The van der Waals surface area contributed by atoms with Gasteiger partial charge in [-0.15, -0.1) is 0 Å². The van der Waals surface area contributed by atoms with Gasteiger partial charge in [0.15, 0.2) is 0 Å². The molecule has 1 aromatic rings. The van der Waals surface area contributed by atoms with Crippen molar-refractivity contribution in [1.29, 1.82) is 0 Å². The van der Waals surface area contributed by atoms with E-state index in [9.17, 15) is 9.59 Å². The van der Waals surface area contributed by atoms with E-state index in [2.05, 4.69) is 19.0 Å². The monoisotopic (exact) mass is 345 g/mol. The minimum Gasteiger partial charge on any atom is -0.338 e. The van der Waals surface area contributed by atoms with Crippen molar-refractivity contribution in [3.8, 4) is 0 Å². The fraction of sp³-hybridized carbons (Fsp3) is 0.600. The molecule has 0 saturated carbocycles. The molecule has 0 bridgehead atoms. The number of piperidine rings is 1. The van der Waals surface area contributed by atoms with E-state index in [4.69, 9.17) is 0 Å². The van der Waals surface area contributed by atoms with Crippen LogP contribution in [0.4, 0.5) is 0 Å². The second-order valence-corrected chi connectivity index (χ2v) is 7.18. The molecule has 0 radical (unpaired) electrons. The number of likely N-dealkylation sites (tertiary alicyclic amines) is 1. The van der Waals surface area contributed by atoms with Crippen molar-refractivity contribution in [3.05, 3.63) is 35.9 Å². The van der Waals surface area contributed by atoms with Gasteiger partial charge in [0.05, 0.1) is 0 Å². The molecule has 1 unspecified atom stereocenters. The van der Waals surface area contributed by atoms with Crippen molar-refractivity contribution in [2.24, 2.45) is 0 Å². The predicted octanol–water partition coefficient (Wildman–Crippen LogP) is 2.37. The highest BCUT2D eigenvalue weighted by Gasteiger charge is 2.27. The van der Waals surface area contributed by atoms with Crippen LogP contribution < -0.4 is 0 Å². The topological polar surface area (TPSA) is 43.9 Å². The largest absolute Gasteiger partial charge is 0.338 e. The summed E-state index contributed by atoms with van der Waals surface area (Å²) in [7, 11) is 4.10. The molecule has 1 aromatic carbocycles. The van der Waals surface area contributed by atoms with Gasteiger partial charge in [-0.05, 0) is 38.9 Å². The summed E-state index contributed by atoms with van der Waals surface area (Å²) in [5.74, 6) is 0.186. The van der Waals surface area contributed by atoms with Crippen LogP contribution in [0.25, 0.3) is 0 Å². The number of likely N-dealkylation sites (N-methyl/N-ethyl adjacent to an activating group) is 1. The third-order valence-electron chi connectivity index (χ3n) is 4.78. The van der Waals surface area contributed by atoms with Gasteiger partial charge in [0.1, 0.15) is 0 Å². The molecule has 5 nitrogen and oxygen atoms in total. The summed E-state index contributed by atoms with van der Waals surface area (Å²) in [5, 5.41) is 0. The Bertz CT molecular complexity index is 559. The van der Waals surface area contributed by atoms with E-state index in [-0.39, 0.29) is 11.8 Å². The molecule has 2 amide bonds. The zero-order valence-electron chi connectivity index (χ0n) is 15.8.